The Morgan fingerprint density at radius 3 is 2.50 bits per heavy atom. The van der Waals surface area contributed by atoms with Crippen molar-refractivity contribution in [3.05, 3.63) is 66.2 Å². The van der Waals surface area contributed by atoms with Crippen LogP contribution >= 0.6 is 0 Å². The number of nitrogens with two attached hydrogens (primary N) is 1. The molecule has 0 aliphatic carbocycles. The number of nitrogen functional groups attached to an aromatic ring is 1. The van der Waals surface area contributed by atoms with Gasteiger partial charge in [0, 0.05) is 11.6 Å². The summed E-state index contributed by atoms with van der Waals surface area (Å²) in [4.78, 5) is 0. The van der Waals surface area contributed by atoms with Crippen molar-refractivity contribution in [3.8, 4) is 16.9 Å². The summed E-state index contributed by atoms with van der Waals surface area (Å²) in [5.74, 6) is 0.358. The molecule has 0 aliphatic heterocycles. The number of hydrogen-bond donors (Lipinski definition) is 1. The van der Waals surface area contributed by atoms with Crippen LogP contribution in [0.3, 0.4) is 0 Å². The normalized spacial score (nSPS) is 12.9. The van der Waals surface area contributed by atoms with Crippen LogP contribution < -0.4 is 5.73 Å². The van der Waals surface area contributed by atoms with Crippen LogP contribution in [0.25, 0.3) is 16.9 Å². The summed E-state index contributed by atoms with van der Waals surface area (Å²) in [6.07, 6.45) is -6.20. The lowest BCUT2D eigenvalue weighted by Crippen LogP contribution is -2.28. The van der Waals surface area contributed by atoms with Gasteiger partial charge in [0.05, 0.1) is 18.0 Å². The highest BCUT2D eigenvalue weighted by molar-refractivity contribution is 5.66. The van der Waals surface area contributed by atoms with E-state index in [1.165, 1.54) is 0 Å². The standard InChI is InChI=1S/C19H18F3N3O/c1-13(19(20,21)22)26-12-14-6-5-7-15(10-14)17-11-18(23)24-25(17)16-8-3-2-4-9-16/h2-11,13H,12H2,1H3,(H2,23,24)/t13-/m1/s1. The van der Waals surface area contributed by atoms with Gasteiger partial charge < -0.3 is 10.5 Å². The minimum atomic E-state index is -4.38. The number of anilines is 1. The lowest BCUT2D eigenvalue weighted by atomic mass is 10.1. The van der Waals surface area contributed by atoms with Crippen molar-refractivity contribution in [2.24, 2.45) is 0 Å². The molecule has 0 radical (unpaired) electrons. The predicted octanol–water partition coefficient (Wildman–Crippen LogP) is 4.59. The predicted molar refractivity (Wildman–Crippen MR) is 93.7 cm³/mol. The molecule has 1 atom stereocenters. The second-order valence-electron chi connectivity index (χ2n) is 5.90. The third kappa shape index (κ3) is 4.05. The smallest absolute Gasteiger partial charge is 0.382 e. The van der Waals surface area contributed by atoms with E-state index in [2.05, 4.69) is 5.10 Å². The van der Waals surface area contributed by atoms with Gasteiger partial charge in [-0.3, -0.25) is 0 Å². The van der Waals surface area contributed by atoms with Crippen molar-refractivity contribution in [2.45, 2.75) is 25.8 Å². The van der Waals surface area contributed by atoms with Gasteiger partial charge in [-0.2, -0.15) is 18.3 Å². The third-order valence-electron chi connectivity index (χ3n) is 3.91. The number of ether oxygens (including phenoxy) is 1. The maximum Gasteiger partial charge on any atom is 0.414 e. The summed E-state index contributed by atoms with van der Waals surface area (Å²) >= 11 is 0. The van der Waals surface area contributed by atoms with Crippen molar-refractivity contribution in [1.82, 2.24) is 9.78 Å². The molecular formula is C19H18F3N3O. The Balaban J connectivity index is 1.87. The average molecular weight is 361 g/mol. The van der Waals surface area contributed by atoms with Crippen LogP contribution in [-0.4, -0.2) is 22.1 Å². The second-order valence-corrected chi connectivity index (χ2v) is 5.90. The molecule has 0 bridgehead atoms. The lowest BCUT2D eigenvalue weighted by molar-refractivity contribution is -0.217. The Morgan fingerprint density at radius 1 is 1.08 bits per heavy atom. The zero-order valence-electron chi connectivity index (χ0n) is 14.1. The van der Waals surface area contributed by atoms with Gasteiger partial charge in [-0.15, -0.1) is 0 Å². The Morgan fingerprint density at radius 2 is 1.81 bits per heavy atom. The number of nitrogens with zero attached hydrogens (tertiary/aromatic N) is 2. The van der Waals surface area contributed by atoms with Gasteiger partial charge in [0.25, 0.3) is 0 Å². The molecule has 4 nitrogen and oxygen atoms in total. The molecule has 1 heterocycles. The van der Waals surface area contributed by atoms with Gasteiger partial charge in [0.15, 0.2) is 6.10 Å². The maximum absolute atomic E-state index is 12.6. The van der Waals surface area contributed by atoms with Crippen LogP contribution in [0, 0.1) is 0 Å². The van der Waals surface area contributed by atoms with E-state index in [4.69, 9.17) is 10.5 Å². The van der Waals surface area contributed by atoms with Crippen molar-refractivity contribution in [3.63, 3.8) is 0 Å². The highest BCUT2D eigenvalue weighted by Crippen LogP contribution is 2.27. The fraction of sp³-hybridized carbons (Fsp3) is 0.211. The van der Waals surface area contributed by atoms with Gasteiger partial charge in [0.1, 0.15) is 5.82 Å². The molecule has 3 rings (SSSR count). The first-order chi connectivity index (χ1) is 12.3. The van der Waals surface area contributed by atoms with Crippen LogP contribution in [-0.2, 0) is 11.3 Å². The second kappa shape index (κ2) is 7.21. The molecule has 1 aromatic heterocycles. The minimum absolute atomic E-state index is 0.135. The quantitative estimate of drug-likeness (QED) is 0.723. The molecule has 2 aromatic carbocycles. The summed E-state index contributed by atoms with van der Waals surface area (Å²) in [5, 5.41) is 4.31. The van der Waals surface area contributed by atoms with Crippen LogP contribution in [0.4, 0.5) is 19.0 Å². The molecule has 0 amide bonds. The zero-order chi connectivity index (χ0) is 18.7. The minimum Gasteiger partial charge on any atom is -0.382 e. The SMILES string of the molecule is C[C@@H](OCc1cccc(-c2cc(N)nn2-c2ccccc2)c1)C(F)(F)F. The number of halogens is 3. The number of para-hydroxylation sites is 1. The summed E-state index contributed by atoms with van der Waals surface area (Å²) < 4.78 is 44.4. The van der Waals surface area contributed by atoms with E-state index in [1.54, 1.807) is 28.9 Å². The highest BCUT2D eigenvalue weighted by Gasteiger charge is 2.36. The Labute approximate surface area is 149 Å². The summed E-state index contributed by atoms with van der Waals surface area (Å²) in [6.45, 7) is 0.860. The fourth-order valence-electron chi connectivity index (χ4n) is 2.51. The van der Waals surface area contributed by atoms with Crippen molar-refractivity contribution in [1.29, 1.82) is 0 Å². The van der Waals surface area contributed by atoms with Gasteiger partial charge in [-0.1, -0.05) is 36.4 Å². The van der Waals surface area contributed by atoms with Crippen LogP contribution in [0.2, 0.25) is 0 Å². The molecule has 2 N–H and O–H groups in total. The largest absolute Gasteiger partial charge is 0.414 e. The van der Waals surface area contributed by atoms with Gasteiger partial charge in [-0.25, -0.2) is 4.68 Å². The first kappa shape index (κ1) is 18.0. The molecular weight excluding hydrogens is 343 g/mol. The molecule has 136 valence electrons. The van der Waals surface area contributed by atoms with Crippen LogP contribution in [0.1, 0.15) is 12.5 Å². The monoisotopic (exact) mass is 361 g/mol. The Bertz CT molecular complexity index is 875. The van der Waals surface area contributed by atoms with E-state index in [9.17, 15) is 13.2 Å². The van der Waals surface area contributed by atoms with Gasteiger partial charge in [-0.05, 0) is 30.7 Å². The topological polar surface area (TPSA) is 53.1 Å². The summed E-state index contributed by atoms with van der Waals surface area (Å²) in [7, 11) is 0. The van der Waals surface area contributed by atoms with E-state index < -0.39 is 12.3 Å². The van der Waals surface area contributed by atoms with Gasteiger partial charge >= 0.3 is 6.18 Å². The zero-order valence-corrected chi connectivity index (χ0v) is 14.1. The summed E-state index contributed by atoms with van der Waals surface area (Å²) in [6, 6.07) is 18.3. The van der Waals surface area contributed by atoms with E-state index in [0.29, 0.717) is 11.4 Å². The molecule has 0 spiro atoms. The molecule has 26 heavy (non-hydrogen) atoms. The summed E-state index contributed by atoms with van der Waals surface area (Å²) in [5.41, 5.74) is 8.87. The first-order valence-corrected chi connectivity index (χ1v) is 8.03. The van der Waals surface area contributed by atoms with Crippen molar-refractivity contribution in [2.75, 3.05) is 5.73 Å². The molecule has 3 aromatic rings. The molecule has 0 unspecified atom stereocenters. The third-order valence-corrected chi connectivity index (χ3v) is 3.91. The van der Waals surface area contributed by atoms with Crippen LogP contribution in [0.5, 0.6) is 0 Å². The van der Waals surface area contributed by atoms with Gasteiger partial charge in [0.2, 0.25) is 0 Å². The van der Waals surface area contributed by atoms with E-state index in [1.807, 2.05) is 36.4 Å². The average Bonchev–Trinajstić information content (AvgIpc) is 3.02. The molecule has 0 saturated carbocycles. The van der Waals surface area contributed by atoms with E-state index >= 15 is 0 Å². The van der Waals surface area contributed by atoms with E-state index in [-0.39, 0.29) is 6.61 Å². The fourth-order valence-corrected chi connectivity index (χ4v) is 2.51. The van der Waals surface area contributed by atoms with E-state index in [0.717, 1.165) is 23.9 Å². The number of aromatic nitrogens is 2. The van der Waals surface area contributed by atoms with Crippen molar-refractivity contribution < 1.29 is 17.9 Å². The van der Waals surface area contributed by atoms with Crippen molar-refractivity contribution >= 4 is 5.82 Å². The Kier molecular flexibility index (Phi) is 4.99. The Hall–Kier alpha value is -2.80. The highest BCUT2D eigenvalue weighted by atomic mass is 19.4. The molecule has 0 saturated heterocycles. The number of alkyl halides is 3. The maximum atomic E-state index is 12.6. The molecule has 0 fully saturated rings. The first-order valence-electron chi connectivity index (χ1n) is 8.03. The number of rotatable bonds is 5. The molecule has 7 heteroatoms. The number of benzene rings is 2. The number of hydrogen-bond acceptors (Lipinski definition) is 3. The van der Waals surface area contributed by atoms with Crippen LogP contribution in [0.15, 0.2) is 60.7 Å². The molecule has 0 aliphatic rings. The lowest BCUT2D eigenvalue weighted by Gasteiger charge is -2.16.